The molecule has 5 rings (SSSR count). The second-order valence-corrected chi connectivity index (χ2v) is 9.85. The van der Waals surface area contributed by atoms with E-state index in [4.69, 9.17) is 9.47 Å². The minimum absolute atomic E-state index is 0.0360. The van der Waals surface area contributed by atoms with Gasteiger partial charge in [0.15, 0.2) is 11.5 Å². The van der Waals surface area contributed by atoms with Crippen LogP contribution in [0.4, 0.5) is 5.69 Å². The monoisotopic (exact) mass is 443 g/mol. The van der Waals surface area contributed by atoms with Gasteiger partial charge in [0.2, 0.25) is 15.9 Å². The molecule has 0 atom stereocenters. The highest BCUT2D eigenvalue weighted by Gasteiger charge is 2.43. The summed E-state index contributed by atoms with van der Waals surface area (Å²) in [6.07, 6.45) is 0. The van der Waals surface area contributed by atoms with Crippen LogP contribution in [0, 0.1) is 5.92 Å². The number of hydrogen-bond acceptors (Lipinski definition) is 6. The van der Waals surface area contributed by atoms with Gasteiger partial charge in [0.1, 0.15) is 18.1 Å². The number of benzene rings is 2. The van der Waals surface area contributed by atoms with Crippen molar-refractivity contribution in [1.29, 1.82) is 0 Å². The number of sulfonamides is 1. The first-order chi connectivity index (χ1) is 15.0. The smallest absolute Gasteiger partial charge is 0.246 e. The van der Waals surface area contributed by atoms with Crippen LogP contribution in [0.25, 0.3) is 0 Å². The number of nitrogens with zero attached hydrogens (tertiary/aromatic N) is 3. The van der Waals surface area contributed by atoms with Crippen molar-refractivity contribution in [3.05, 3.63) is 48.5 Å². The first kappa shape index (κ1) is 20.1. The molecule has 2 aromatic carbocycles. The molecule has 2 aromatic rings. The molecule has 0 aliphatic carbocycles. The normalized spacial score (nSPS) is 19.7. The first-order valence-corrected chi connectivity index (χ1v) is 12.0. The summed E-state index contributed by atoms with van der Waals surface area (Å²) < 4.78 is 38.6. The molecule has 0 aromatic heterocycles. The van der Waals surface area contributed by atoms with Crippen LogP contribution in [0.2, 0.25) is 0 Å². The van der Waals surface area contributed by atoms with E-state index in [2.05, 4.69) is 17.0 Å². The molecule has 0 radical (unpaired) electrons. The lowest BCUT2D eigenvalue weighted by Gasteiger charge is -2.42. The molecule has 3 heterocycles. The van der Waals surface area contributed by atoms with Crippen LogP contribution in [-0.4, -0.2) is 76.0 Å². The Bertz CT molecular complexity index is 1060. The molecule has 164 valence electrons. The lowest BCUT2D eigenvalue weighted by molar-refractivity contribution is -0.139. The maximum absolute atomic E-state index is 13.1. The first-order valence-electron chi connectivity index (χ1n) is 10.5. The van der Waals surface area contributed by atoms with E-state index in [1.165, 1.54) is 10.4 Å². The Kier molecular flexibility index (Phi) is 5.23. The van der Waals surface area contributed by atoms with E-state index in [0.29, 0.717) is 32.1 Å². The average Bonchev–Trinajstić information content (AvgIpc) is 2.78. The zero-order chi connectivity index (χ0) is 21.4. The Hall–Kier alpha value is -2.78. The molecule has 3 aliphatic rings. The third-order valence-corrected chi connectivity index (χ3v) is 7.91. The maximum Gasteiger partial charge on any atom is 0.246 e. The molecule has 0 saturated carbocycles. The summed E-state index contributed by atoms with van der Waals surface area (Å²) in [5.41, 5.74) is 1.16. The summed E-state index contributed by atoms with van der Waals surface area (Å²) in [6.45, 7) is 3.96. The fourth-order valence-electron chi connectivity index (χ4n) is 4.26. The molecule has 3 aliphatic heterocycles. The van der Waals surface area contributed by atoms with E-state index in [0.717, 1.165) is 18.8 Å². The molecule has 2 fully saturated rings. The molecule has 2 saturated heterocycles. The van der Waals surface area contributed by atoms with Gasteiger partial charge in [-0.05, 0) is 24.3 Å². The topological polar surface area (TPSA) is 79.4 Å². The SMILES string of the molecule is O=C(C1CN(S(=O)(=O)c2cccc3c2OCCO3)C1)N1CCN(c2ccccc2)CC1. The van der Waals surface area contributed by atoms with Gasteiger partial charge in [0.25, 0.3) is 0 Å². The van der Waals surface area contributed by atoms with Crippen molar-refractivity contribution in [2.24, 2.45) is 5.92 Å². The molecule has 0 bridgehead atoms. The number of carbonyl (C=O) groups is 1. The lowest BCUT2D eigenvalue weighted by Crippen LogP contribution is -2.59. The predicted octanol–water partition coefficient (Wildman–Crippen LogP) is 1.43. The predicted molar refractivity (Wildman–Crippen MR) is 115 cm³/mol. The Morgan fingerprint density at radius 2 is 1.58 bits per heavy atom. The van der Waals surface area contributed by atoms with Crippen molar-refractivity contribution in [3.8, 4) is 11.5 Å². The van der Waals surface area contributed by atoms with E-state index in [1.54, 1.807) is 12.1 Å². The number of anilines is 1. The van der Waals surface area contributed by atoms with Gasteiger partial charge in [-0.15, -0.1) is 0 Å². The van der Waals surface area contributed by atoms with Crippen LogP contribution in [0.1, 0.15) is 0 Å². The molecule has 0 spiro atoms. The van der Waals surface area contributed by atoms with Crippen molar-refractivity contribution < 1.29 is 22.7 Å². The molecular weight excluding hydrogens is 418 g/mol. The van der Waals surface area contributed by atoms with E-state index >= 15 is 0 Å². The van der Waals surface area contributed by atoms with Crippen LogP contribution in [0.3, 0.4) is 0 Å². The number of rotatable bonds is 4. The molecule has 0 unspecified atom stereocenters. The highest BCUT2D eigenvalue weighted by molar-refractivity contribution is 7.89. The number of amides is 1. The van der Waals surface area contributed by atoms with E-state index < -0.39 is 10.0 Å². The van der Waals surface area contributed by atoms with Crippen molar-refractivity contribution in [3.63, 3.8) is 0 Å². The molecule has 8 nitrogen and oxygen atoms in total. The molecular formula is C22H25N3O5S. The highest BCUT2D eigenvalue weighted by atomic mass is 32.2. The van der Waals surface area contributed by atoms with Gasteiger partial charge in [-0.2, -0.15) is 4.31 Å². The standard InChI is InChI=1S/C22H25N3O5S/c26-22(24-11-9-23(10-12-24)18-5-2-1-3-6-18)17-15-25(16-17)31(27,28)20-8-4-7-19-21(20)30-14-13-29-19/h1-8,17H,9-16H2. The fraction of sp³-hybridized carbons (Fsp3) is 0.409. The minimum Gasteiger partial charge on any atom is -0.486 e. The van der Waals surface area contributed by atoms with E-state index in [1.807, 2.05) is 23.1 Å². The Morgan fingerprint density at radius 3 is 2.32 bits per heavy atom. The van der Waals surface area contributed by atoms with Crippen LogP contribution in [-0.2, 0) is 14.8 Å². The molecule has 9 heteroatoms. The van der Waals surface area contributed by atoms with E-state index in [-0.39, 0.29) is 35.6 Å². The van der Waals surface area contributed by atoms with Gasteiger partial charge in [0, 0.05) is 45.0 Å². The van der Waals surface area contributed by atoms with Crippen LogP contribution < -0.4 is 14.4 Å². The van der Waals surface area contributed by atoms with Crippen LogP contribution in [0.5, 0.6) is 11.5 Å². The summed E-state index contributed by atoms with van der Waals surface area (Å²) in [6, 6.07) is 15.0. The van der Waals surface area contributed by atoms with Gasteiger partial charge in [-0.3, -0.25) is 4.79 Å². The van der Waals surface area contributed by atoms with Crippen molar-refractivity contribution in [1.82, 2.24) is 9.21 Å². The third kappa shape index (κ3) is 3.72. The Morgan fingerprint density at radius 1 is 0.871 bits per heavy atom. The van der Waals surface area contributed by atoms with Crippen LogP contribution in [0.15, 0.2) is 53.4 Å². The van der Waals surface area contributed by atoms with Gasteiger partial charge in [-0.25, -0.2) is 8.42 Å². The number of piperazine rings is 1. The zero-order valence-electron chi connectivity index (χ0n) is 17.1. The number of fused-ring (bicyclic) bond motifs is 1. The number of carbonyl (C=O) groups excluding carboxylic acids is 1. The van der Waals surface area contributed by atoms with Crippen molar-refractivity contribution in [2.75, 3.05) is 57.4 Å². The number of para-hydroxylation sites is 2. The number of hydrogen-bond donors (Lipinski definition) is 0. The molecule has 1 amide bonds. The van der Waals surface area contributed by atoms with Gasteiger partial charge in [0.05, 0.1) is 5.92 Å². The Labute approximate surface area is 182 Å². The maximum atomic E-state index is 13.1. The summed E-state index contributed by atoms with van der Waals surface area (Å²) >= 11 is 0. The zero-order valence-corrected chi connectivity index (χ0v) is 18.0. The second-order valence-electron chi connectivity index (χ2n) is 7.95. The molecule has 31 heavy (non-hydrogen) atoms. The largest absolute Gasteiger partial charge is 0.486 e. The van der Waals surface area contributed by atoms with E-state index in [9.17, 15) is 13.2 Å². The quantitative estimate of drug-likeness (QED) is 0.711. The Balaban J connectivity index is 1.20. The summed E-state index contributed by atoms with van der Waals surface area (Å²) in [5.74, 6) is 0.445. The van der Waals surface area contributed by atoms with Gasteiger partial charge in [-0.1, -0.05) is 24.3 Å². The molecule has 0 N–H and O–H groups in total. The summed E-state index contributed by atoms with van der Waals surface area (Å²) in [7, 11) is -3.74. The average molecular weight is 444 g/mol. The van der Waals surface area contributed by atoms with Crippen molar-refractivity contribution >= 4 is 21.6 Å². The summed E-state index contributed by atoms with van der Waals surface area (Å²) in [4.78, 5) is 17.1. The lowest BCUT2D eigenvalue weighted by atomic mass is 10.0. The third-order valence-electron chi connectivity index (χ3n) is 6.06. The fourth-order valence-corrected chi connectivity index (χ4v) is 5.94. The highest BCUT2D eigenvalue weighted by Crippen LogP contribution is 2.39. The van der Waals surface area contributed by atoms with Crippen molar-refractivity contribution in [2.45, 2.75) is 4.90 Å². The van der Waals surface area contributed by atoms with Gasteiger partial charge >= 0.3 is 0 Å². The van der Waals surface area contributed by atoms with Crippen LogP contribution >= 0.6 is 0 Å². The second kappa shape index (κ2) is 8.05. The van der Waals surface area contributed by atoms with Gasteiger partial charge < -0.3 is 19.3 Å². The minimum atomic E-state index is -3.74. The number of ether oxygens (including phenoxy) is 2. The summed E-state index contributed by atoms with van der Waals surface area (Å²) in [5, 5.41) is 0.